The predicted octanol–water partition coefficient (Wildman–Crippen LogP) is 4.39. The van der Waals surface area contributed by atoms with Crippen molar-refractivity contribution >= 4 is 0 Å². The summed E-state index contributed by atoms with van der Waals surface area (Å²) in [4.78, 5) is 4.25. The first kappa shape index (κ1) is 14.5. The van der Waals surface area contributed by atoms with Crippen LogP contribution in [0.1, 0.15) is 27.7 Å². The van der Waals surface area contributed by atoms with E-state index in [2.05, 4.69) is 44.8 Å². The van der Waals surface area contributed by atoms with Crippen LogP contribution >= 0.6 is 0 Å². The van der Waals surface area contributed by atoms with E-state index in [1.54, 1.807) is 0 Å². The zero-order chi connectivity index (χ0) is 13.5. The van der Waals surface area contributed by atoms with Gasteiger partial charge in [-0.3, -0.25) is 0 Å². The zero-order valence-electron chi connectivity index (χ0n) is 12.1. The highest BCUT2D eigenvalue weighted by molar-refractivity contribution is 5.54. The molecule has 1 aromatic heterocycles. The molecule has 0 atom stereocenters. The Morgan fingerprint density at radius 3 is 1.89 bits per heavy atom. The van der Waals surface area contributed by atoms with Crippen LogP contribution in [0.5, 0.6) is 0 Å². The van der Waals surface area contributed by atoms with Gasteiger partial charge in [0.05, 0.1) is 0 Å². The summed E-state index contributed by atoms with van der Waals surface area (Å²) in [5.41, 5.74) is 1.16. The van der Waals surface area contributed by atoms with E-state index in [-0.39, 0.29) is 0 Å². The van der Waals surface area contributed by atoms with Crippen LogP contribution in [0, 0.1) is 11.8 Å². The smallest absolute Gasteiger partial charge is 0.139 e. The molecule has 1 aromatic carbocycles. The highest BCUT2D eigenvalue weighted by Crippen LogP contribution is 2.14. The average molecular weight is 244 g/mol. The van der Waals surface area contributed by atoms with Crippen molar-refractivity contribution in [2.24, 2.45) is 18.9 Å². The Labute approximate surface area is 111 Å². The SMILES string of the molecule is CC(C)C(C)C.Cn1ccnc1-c1ccccc1. The third kappa shape index (κ3) is 4.36. The maximum Gasteiger partial charge on any atom is 0.139 e. The number of hydrogen-bond acceptors (Lipinski definition) is 1. The Balaban J connectivity index is 0.000000232. The largest absolute Gasteiger partial charge is 0.334 e. The summed E-state index contributed by atoms with van der Waals surface area (Å²) in [6.45, 7) is 8.96. The lowest BCUT2D eigenvalue weighted by atomic mass is 10.0. The van der Waals surface area contributed by atoms with Gasteiger partial charge in [-0.05, 0) is 11.8 Å². The van der Waals surface area contributed by atoms with E-state index in [1.807, 2.05) is 42.2 Å². The van der Waals surface area contributed by atoms with Crippen molar-refractivity contribution in [1.29, 1.82) is 0 Å². The molecule has 18 heavy (non-hydrogen) atoms. The Kier molecular flexibility index (Phi) is 5.63. The number of nitrogens with zero attached hydrogens (tertiary/aromatic N) is 2. The summed E-state index contributed by atoms with van der Waals surface area (Å²) in [5.74, 6) is 2.71. The number of aryl methyl sites for hydroxylation is 1. The van der Waals surface area contributed by atoms with Crippen molar-refractivity contribution < 1.29 is 0 Å². The van der Waals surface area contributed by atoms with Crippen LogP contribution in [0.15, 0.2) is 42.7 Å². The molecule has 0 N–H and O–H groups in total. The van der Waals surface area contributed by atoms with Gasteiger partial charge < -0.3 is 4.57 Å². The summed E-state index contributed by atoms with van der Waals surface area (Å²) < 4.78 is 2.01. The fraction of sp³-hybridized carbons (Fsp3) is 0.438. The van der Waals surface area contributed by atoms with Gasteiger partial charge in [-0.15, -0.1) is 0 Å². The molecule has 1 heterocycles. The fourth-order valence-corrected chi connectivity index (χ4v) is 1.23. The van der Waals surface area contributed by atoms with Gasteiger partial charge in [0.2, 0.25) is 0 Å². The molecule has 0 amide bonds. The molecule has 0 fully saturated rings. The molecule has 98 valence electrons. The lowest BCUT2D eigenvalue weighted by Gasteiger charge is -2.05. The number of hydrogen-bond donors (Lipinski definition) is 0. The molecule has 0 aliphatic rings. The summed E-state index contributed by atoms with van der Waals surface area (Å²) in [7, 11) is 2.00. The molecule has 0 aliphatic heterocycles. The molecule has 2 nitrogen and oxygen atoms in total. The van der Waals surface area contributed by atoms with Gasteiger partial charge in [0.1, 0.15) is 5.82 Å². The Morgan fingerprint density at radius 1 is 0.944 bits per heavy atom. The molecule has 0 saturated carbocycles. The highest BCUT2D eigenvalue weighted by atomic mass is 15.0. The van der Waals surface area contributed by atoms with Gasteiger partial charge in [-0.25, -0.2) is 4.98 Å². The monoisotopic (exact) mass is 244 g/mol. The first-order valence-corrected chi connectivity index (χ1v) is 6.55. The normalized spacial score (nSPS) is 10.4. The van der Waals surface area contributed by atoms with Crippen LogP contribution in [-0.2, 0) is 7.05 Å². The van der Waals surface area contributed by atoms with E-state index >= 15 is 0 Å². The Hall–Kier alpha value is -1.57. The van der Waals surface area contributed by atoms with Gasteiger partial charge in [0, 0.05) is 25.0 Å². The Bertz CT molecular complexity index is 435. The molecule has 2 rings (SSSR count). The van der Waals surface area contributed by atoms with Crippen molar-refractivity contribution in [3.05, 3.63) is 42.7 Å². The Morgan fingerprint density at radius 2 is 1.50 bits per heavy atom. The summed E-state index contributed by atoms with van der Waals surface area (Å²) >= 11 is 0. The van der Waals surface area contributed by atoms with Crippen molar-refractivity contribution in [2.75, 3.05) is 0 Å². The first-order valence-electron chi connectivity index (χ1n) is 6.55. The molecule has 2 heteroatoms. The van der Waals surface area contributed by atoms with Crippen LogP contribution in [0.4, 0.5) is 0 Å². The second kappa shape index (κ2) is 7.00. The quantitative estimate of drug-likeness (QED) is 0.766. The van der Waals surface area contributed by atoms with Crippen molar-refractivity contribution in [3.8, 4) is 11.4 Å². The lowest BCUT2D eigenvalue weighted by Crippen LogP contribution is -1.95. The average Bonchev–Trinajstić information content (AvgIpc) is 2.77. The van der Waals surface area contributed by atoms with E-state index in [1.165, 1.54) is 0 Å². The molecule has 0 unspecified atom stereocenters. The third-order valence-electron chi connectivity index (χ3n) is 3.19. The molecule has 2 aromatic rings. The van der Waals surface area contributed by atoms with Crippen LogP contribution < -0.4 is 0 Å². The van der Waals surface area contributed by atoms with E-state index in [0.29, 0.717) is 0 Å². The standard InChI is InChI=1S/C10H10N2.C6H14/c1-12-8-7-11-10(12)9-5-3-2-4-6-9;1-5(2)6(3)4/h2-8H,1H3;5-6H,1-4H3. The number of rotatable bonds is 2. The topological polar surface area (TPSA) is 17.8 Å². The van der Waals surface area contributed by atoms with E-state index in [0.717, 1.165) is 23.2 Å². The van der Waals surface area contributed by atoms with Gasteiger partial charge in [-0.1, -0.05) is 58.0 Å². The minimum atomic E-state index is 0.852. The van der Waals surface area contributed by atoms with Gasteiger partial charge in [0.15, 0.2) is 0 Å². The highest BCUT2D eigenvalue weighted by Gasteiger charge is 1.99. The molecule has 0 aliphatic carbocycles. The van der Waals surface area contributed by atoms with Gasteiger partial charge >= 0.3 is 0 Å². The third-order valence-corrected chi connectivity index (χ3v) is 3.19. The number of benzene rings is 1. The van der Waals surface area contributed by atoms with Gasteiger partial charge in [-0.2, -0.15) is 0 Å². The zero-order valence-corrected chi connectivity index (χ0v) is 12.1. The predicted molar refractivity (Wildman–Crippen MR) is 78.3 cm³/mol. The molecule has 0 spiro atoms. The molecule has 0 radical (unpaired) electrons. The number of aromatic nitrogens is 2. The molecular weight excluding hydrogens is 220 g/mol. The van der Waals surface area contributed by atoms with E-state index < -0.39 is 0 Å². The van der Waals surface area contributed by atoms with Crippen molar-refractivity contribution in [2.45, 2.75) is 27.7 Å². The minimum absolute atomic E-state index is 0.852. The van der Waals surface area contributed by atoms with Crippen LogP contribution in [0.25, 0.3) is 11.4 Å². The van der Waals surface area contributed by atoms with Crippen LogP contribution in [-0.4, -0.2) is 9.55 Å². The van der Waals surface area contributed by atoms with E-state index in [4.69, 9.17) is 0 Å². The maximum absolute atomic E-state index is 4.25. The fourth-order valence-electron chi connectivity index (χ4n) is 1.23. The first-order chi connectivity index (χ1) is 8.52. The molecule has 0 saturated heterocycles. The molecule has 0 bridgehead atoms. The van der Waals surface area contributed by atoms with E-state index in [9.17, 15) is 0 Å². The number of imidazole rings is 1. The van der Waals surface area contributed by atoms with Gasteiger partial charge in [0.25, 0.3) is 0 Å². The maximum atomic E-state index is 4.25. The summed E-state index contributed by atoms with van der Waals surface area (Å²) in [6, 6.07) is 10.2. The van der Waals surface area contributed by atoms with Crippen LogP contribution in [0.3, 0.4) is 0 Å². The summed E-state index contributed by atoms with van der Waals surface area (Å²) in [6.07, 6.45) is 3.75. The minimum Gasteiger partial charge on any atom is -0.334 e. The second-order valence-electron chi connectivity index (χ2n) is 5.22. The summed E-state index contributed by atoms with van der Waals surface area (Å²) in [5, 5.41) is 0. The van der Waals surface area contributed by atoms with Crippen molar-refractivity contribution in [3.63, 3.8) is 0 Å². The second-order valence-corrected chi connectivity index (χ2v) is 5.22. The van der Waals surface area contributed by atoms with Crippen LogP contribution in [0.2, 0.25) is 0 Å². The molecular formula is C16H24N2. The lowest BCUT2D eigenvalue weighted by molar-refractivity contribution is 0.457. The van der Waals surface area contributed by atoms with Crippen molar-refractivity contribution in [1.82, 2.24) is 9.55 Å².